The first-order chi connectivity index (χ1) is 7.63. The first kappa shape index (κ1) is 12.6. The predicted molar refractivity (Wildman–Crippen MR) is 67.1 cm³/mol. The maximum absolute atomic E-state index is 11.7. The van der Waals surface area contributed by atoms with Crippen molar-refractivity contribution in [1.29, 1.82) is 0 Å². The molecule has 1 rings (SSSR count). The van der Waals surface area contributed by atoms with Crippen LogP contribution < -0.4 is 5.73 Å². The number of hydrogen-bond acceptors (Lipinski definition) is 2. The Kier molecular flexibility index (Phi) is 4.83. The fourth-order valence-electron chi connectivity index (χ4n) is 1.65. The van der Waals surface area contributed by atoms with Crippen LogP contribution in [0.3, 0.4) is 0 Å². The molecule has 2 N–H and O–H groups in total. The molecular weight excluding hydrogens is 200 g/mol. The number of amides is 1. The molecule has 3 nitrogen and oxygen atoms in total. The molecular formula is C13H20N2O. The second kappa shape index (κ2) is 6.16. The highest BCUT2D eigenvalue weighted by Gasteiger charge is 2.07. The zero-order chi connectivity index (χ0) is 12.0. The van der Waals surface area contributed by atoms with Gasteiger partial charge in [-0.3, -0.25) is 4.79 Å². The van der Waals surface area contributed by atoms with Gasteiger partial charge in [-0.1, -0.05) is 19.1 Å². The molecule has 0 saturated carbocycles. The third kappa shape index (κ3) is 3.93. The standard InChI is InChI=1S/C13H20N2O/c1-3-9-15(2)13(16)8-7-11-5-4-6-12(14)10-11/h4-6,10H,3,7-9,14H2,1-2H3. The Balaban J connectivity index is 2.42. The quantitative estimate of drug-likeness (QED) is 0.772. The van der Waals surface area contributed by atoms with Crippen LogP contribution in [0, 0.1) is 0 Å². The smallest absolute Gasteiger partial charge is 0.222 e. The highest BCUT2D eigenvalue weighted by atomic mass is 16.2. The summed E-state index contributed by atoms with van der Waals surface area (Å²) in [5.74, 6) is 0.198. The van der Waals surface area contributed by atoms with Gasteiger partial charge in [0.15, 0.2) is 0 Å². The van der Waals surface area contributed by atoms with Gasteiger partial charge in [0.25, 0.3) is 0 Å². The van der Waals surface area contributed by atoms with Gasteiger partial charge in [0, 0.05) is 25.7 Å². The average molecular weight is 220 g/mol. The summed E-state index contributed by atoms with van der Waals surface area (Å²) < 4.78 is 0. The SMILES string of the molecule is CCCN(C)C(=O)CCc1cccc(N)c1. The van der Waals surface area contributed by atoms with Crippen molar-refractivity contribution in [2.75, 3.05) is 19.3 Å². The van der Waals surface area contributed by atoms with Crippen molar-refractivity contribution in [2.24, 2.45) is 0 Å². The van der Waals surface area contributed by atoms with Crippen molar-refractivity contribution in [3.05, 3.63) is 29.8 Å². The molecule has 3 heteroatoms. The van der Waals surface area contributed by atoms with E-state index in [1.165, 1.54) is 0 Å². The second-order valence-electron chi connectivity index (χ2n) is 4.06. The molecule has 0 spiro atoms. The summed E-state index contributed by atoms with van der Waals surface area (Å²) in [5, 5.41) is 0. The largest absolute Gasteiger partial charge is 0.399 e. The molecule has 0 fully saturated rings. The number of benzene rings is 1. The maximum atomic E-state index is 11.7. The van der Waals surface area contributed by atoms with E-state index in [-0.39, 0.29) is 5.91 Å². The highest BCUT2D eigenvalue weighted by molar-refractivity contribution is 5.76. The van der Waals surface area contributed by atoms with E-state index in [2.05, 4.69) is 6.92 Å². The molecule has 0 unspecified atom stereocenters. The molecule has 0 aliphatic rings. The molecule has 1 aromatic rings. The molecule has 0 aliphatic carbocycles. The molecule has 0 aliphatic heterocycles. The fraction of sp³-hybridized carbons (Fsp3) is 0.462. The van der Waals surface area contributed by atoms with E-state index < -0.39 is 0 Å². The monoisotopic (exact) mass is 220 g/mol. The number of nitrogens with zero attached hydrogens (tertiary/aromatic N) is 1. The molecule has 16 heavy (non-hydrogen) atoms. The molecule has 0 atom stereocenters. The summed E-state index contributed by atoms with van der Waals surface area (Å²) in [4.78, 5) is 13.5. The summed E-state index contributed by atoms with van der Waals surface area (Å²) in [6.07, 6.45) is 2.32. The van der Waals surface area contributed by atoms with E-state index in [4.69, 9.17) is 5.73 Å². The lowest BCUT2D eigenvalue weighted by Crippen LogP contribution is -2.27. The molecule has 0 radical (unpaired) electrons. The average Bonchev–Trinajstić information content (AvgIpc) is 2.26. The van der Waals surface area contributed by atoms with Crippen molar-refractivity contribution in [3.63, 3.8) is 0 Å². The summed E-state index contributed by atoms with van der Waals surface area (Å²) in [5.41, 5.74) is 7.56. The van der Waals surface area contributed by atoms with E-state index in [0.717, 1.165) is 30.6 Å². The highest BCUT2D eigenvalue weighted by Crippen LogP contribution is 2.09. The van der Waals surface area contributed by atoms with Crippen molar-refractivity contribution < 1.29 is 4.79 Å². The Morgan fingerprint density at radius 1 is 1.44 bits per heavy atom. The third-order valence-corrected chi connectivity index (χ3v) is 2.56. The number of anilines is 1. The molecule has 0 saturated heterocycles. The van der Waals surface area contributed by atoms with E-state index >= 15 is 0 Å². The molecule has 88 valence electrons. The van der Waals surface area contributed by atoms with Crippen LogP contribution in [-0.2, 0) is 11.2 Å². The van der Waals surface area contributed by atoms with Gasteiger partial charge in [-0.05, 0) is 30.5 Å². The first-order valence-electron chi connectivity index (χ1n) is 5.72. The van der Waals surface area contributed by atoms with Gasteiger partial charge in [0.2, 0.25) is 5.91 Å². The molecule has 1 amide bonds. The summed E-state index contributed by atoms with van der Waals surface area (Å²) in [6, 6.07) is 7.70. The van der Waals surface area contributed by atoms with Crippen molar-refractivity contribution in [2.45, 2.75) is 26.2 Å². The minimum absolute atomic E-state index is 0.198. The van der Waals surface area contributed by atoms with Crippen LogP contribution in [0.2, 0.25) is 0 Å². The van der Waals surface area contributed by atoms with Crippen LogP contribution in [0.25, 0.3) is 0 Å². The topological polar surface area (TPSA) is 46.3 Å². The summed E-state index contributed by atoms with van der Waals surface area (Å²) >= 11 is 0. The van der Waals surface area contributed by atoms with Crippen LogP contribution in [0.5, 0.6) is 0 Å². The van der Waals surface area contributed by atoms with Crippen LogP contribution in [0.1, 0.15) is 25.3 Å². The van der Waals surface area contributed by atoms with Gasteiger partial charge in [0.05, 0.1) is 0 Å². The molecule has 0 bridgehead atoms. The van der Waals surface area contributed by atoms with Crippen molar-refractivity contribution >= 4 is 11.6 Å². The Bertz CT molecular complexity index is 350. The zero-order valence-corrected chi connectivity index (χ0v) is 10.1. The van der Waals surface area contributed by atoms with Crippen LogP contribution in [-0.4, -0.2) is 24.4 Å². The summed E-state index contributed by atoms with van der Waals surface area (Å²) in [7, 11) is 1.85. The molecule has 0 aromatic heterocycles. The minimum atomic E-state index is 0.198. The summed E-state index contributed by atoms with van der Waals surface area (Å²) in [6.45, 7) is 2.90. The first-order valence-corrected chi connectivity index (χ1v) is 5.72. The maximum Gasteiger partial charge on any atom is 0.222 e. The number of aryl methyl sites for hydroxylation is 1. The fourth-order valence-corrected chi connectivity index (χ4v) is 1.65. The van der Waals surface area contributed by atoms with Gasteiger partial charge in [0.1, 0.15) is 0 Å². The van der Waals surface area contributed by atoms with Crippen molar-refractivity contribution in [3.8, 4) is 0 Å². The lowest BCUT2D eigenvalue weighted by molar-refractivity contribution is -0.129. The third-order valence-electron chi connectivity index (χ3n) is 2.56. The number of nitrogen functional groups attached to an aromatic ring is 1. The van der Waals surface area contributed by atoms with Gasteiger partial charge < -0.3 is 10.6 Å². The van der Waals surface area contributed by atoms with Gasteiger partial charge >= 0.3 is 0 Å². The molecule has 0 heterocycles. The number of hydrogen-bond donors (Lipinski definition) is 1. The lowest BCUT2D eigenvalue weighted by atomic mass is 10.1. The van der Waals surface area contributed by atoms with Crippen molar-refractivity contribution in [1.82, 2.24) is 4.90 Å². The normalized spacial score (nSPS) is 10.1. The Morgan fingerprint density at radius 3 is 2.81 bits per heavy atom. The van der Waals surface area contributed by atoms with Crippen LogP contribution in [0.4, 0.5) is 5.69 Å². The number of carbonyl (C=O) groups is 1. The number of carbonyl (C=O) groups excluding carboxylic acids is 1. The predicted octanol–water partition coefficient (Wildman–Crippen LogP) is 2.07. The van der Waals surface area contributed by atoms with E-state index in [1.54, 1.807) is 4.90 Å². The number of nitrogens with two attached hydrogens (primary N) is 1. The van der Waals surface area contributed by atoms with Gasteiger partial charge in [-0.25, -0.2) is 0 Å². The second-order valence-corrected chi connectivity index (χ2v) is 4.06. The lowest BCUT2D eigenvalue weighted by Gasteiger charge is -2.15. The van der Waals surface area contributed by atoms with E-state index in [0.29, 0.717) is 6.42 Å². The van der Waals surface area contributed by atoms with Gasteiger partial charge in [-0.15, -0.1) is 0 Å². The van der Waals surface area contributed by atoms with E-state index in [1.807, 2.05) is 31.3 Å². The Hall–Kier alpha value is -1.51. The Labute approximate surface area is 97.2 Å². The van der Waals surface area contributed by atoms with Crippen LogP contribution in [0.15, 0.2) is 24.3 Å². The van der Waals surface area contributed by atoms with E-state index in [9.17, 15) is 4.79 Å². The Morgan fingerprint density at radius 2 is 2.19 bits per heavy atom. The zero-order valence-electron chi connectivity index (χ0n) is 10.1. The number of rotatable bonds is 5. The molecule has 1 aromatic carbocycles. The van der Waals surface area contributed by atoms with Gasteiger partial charge in [-0.2, -0.15) is 0 Å². The van der Waals surface area contributed by atoms with Crippen LogP contribution >= 0.6 is 0 Å². The minimum Gasteiger partial charge on any atom is -0.399 e.